The molecule has 0 aliphatic carbocycles. The highest BCUT2D eigenvalue weighted by Gasteiger charge is 2.35. The molecule has 126 valence electrons. The predicted molar refractivity (Wildman–Crippen MR) is 95.2 cm³/mol. The second-order valence-corrected chi connectivity index (χ2v) is 6.28. The van der Waals surface area contributed by atoms with Gasteiger partial charge in [-0.05, 0) is 31.4 Å². The lowest BCUT2D eigenvalue weighted by Crippen LogP contribution is -2.48. The molecule has 2 rings (SSSR count). The highest BCUT2D eigenvalue weighted by molar-refractivity contribution is 6.04. The van der Waals surface area contributed by atoms with E-state index in [2.05, 4.69) is 10.6 Å². The molecule has 0 aromatic heterocycles. The van der Waals surface area contributed by atoms with E-state index in [0.29, 0.717) is 13.1 Å². The predicted octanol–water partition coefficient (Wildman–Crippen LogP) is 2.69. The lowest BCUT2D eigenvalue weighted by molar-refractivity contribution is -0.141. The highest BCUT2D eigenvalue weighted by atomic mass is 16.2. The normalized spacial score (nSPS) is 10.9. The van der Waals surface area contributed by atoms with Crippen LogP contribution in [0, 0.1) is 5.41 Å². The van der Waals surface area contributed by atoms with Gasteiger partial charge in [-0.2, -0.15) is 0 Å². The Labute approximate surface area is 143 Å². The fourth-order valence-corrected chi connectivity index (χ4v) is 2.29. The van der Waals surface area contributed by atoms with Crippen molar-refractivity contribution in [3.63, 3.8) is 0 Å². The van der Waals surface area contributed by atoms with Gasteiger partial charge >= 0.3 is 0 Å². The van der Waals surface area contributed by atoms with Crippen molar-refractivity contribution in [2.75, 3.05) is 6.54 Å². The molecule has 0 radical (unpaired) electrons. The van der Waals surface area contributed by atoms with Gasteiger partial charge in [0.25, 0.3) is 0 Å². The smallest absolute Gasteiger partial charge is 0.235 e. The van der Waals surface area contributed by atoms with Gasteiger partial charge in [0.1, 0.15) is 5.41 Å². The Bertz CT molecular complexity index is 667. The van der Waals surface area contributed by atoms with Crippen LogP contribution in [0.1, 0.15) is 25.0 Å². The van der Waals surface area contributed by atoms with E-state index in [9.17, 15) is 9.59 Å². The average molecular weight is 324 g/mol. The van der Waals surface area contributed by atoms with Crippen LogP contribution in [0.5, 0.6) is 0 Å². The van der Waals surface area contributed by atoms with Gasteiger partial charge in [-0.25, -0.2) is 0 Å². The van der Waals surface area contributed by atoms with E-state index in [1.807, 2.05) is 60.7 Å². The van der Waals surface area contributed by atoms with E-state index < -0.39 is 5.41 Å². The molecule has 24 heavy (non-hydrogen) atoms. The fraction of sp³-hybridized carbons (Fsp3) is 0.300. The molecule has 4 nitrogen and oxygen atoms in total. The fourth-order valence-electron chi connectivity index (χ4n) is 2.29. The Balaban J connectivity index is 1.81. The van der Waals surface area contributed by atoms with Crippen LogP contribution < -0.4 is 10.6 Å². The molecule has 2 aromatic carbocycles. The number of amides is 2. The zero-order chi connectivity index (χ0) is 17.4. The first-order chi connectivity index (χ1) is 11.5. The van der Waals surface area contributed by atoms with Crippen LogP contribution in [0.25, 0.3) is 0 Å². The molecule has 0 bridgehead atoms. The third kappa shape index (κ3) is 4.95. The first-order valence-corrected chi connectivity index (χ1v) is 8.14. The van der Waals surface area contributed by atoms with Gasteiger partial charge in [-0.3, -0.25) is 9.59 Å². The van der Waals surface area contributed by atoms with E-state index in [1.165, 1.54) is 0 Å². The molecular weight excluding hydrogens is 300 g/mol. The Morgan fingerprint density at radius 1 is 0.792 bits per heavy atom. The third-order valence-corrected chi connectivity index (χ3v) is 3.97. The molecule has 2 N–H and O–H groups in total. The highest BCUT2D eigenvalue weighted by Crippen LogP contribution is 2.16. The van der Waals surface area contributed by atoms with Crippen LogP contribution in [-0.4, -0.2) is 18.4 Å². The lowest BCUT2D eigenvalue weighted by atomic mass is 9.91. The van der Waals surface area contributed by atoms with Crippen molar-refractivity contribution in [3.8, 4) is 0 Å². The van der Waals surface area contributed by atoms with Gasteiger partial charge in [-0.15, -0.1) is 0 Å². The summed E-state index contributed by atoms with van der Waals surface area (Å²) < 4.78 is 0. The zero-order valence-electron chi connectivity index (χ0n) is 14.2. The van der Waals surface area contributed by atoms with Crippen LogP contribution in [0.15, 0.2) is 60.7 Å². The van der Waals surface area contributed by atoms with Gasteiger partial charge in [0.05, 0.1) is 0 Å². The zero-order valence-corrected chi connectivity index (χ0v) is 14.2. The van der Waals surface area contributed by atoms with Gasteiger partial charge in [0, 0.05) is 13.1 Å². The van der Waals surface area contributed by atoms with Crippen molar-refractivity contribution in [1.82, 2.24) is 10.6 Å². The summed E-state index contributed by atoms with van der Waals surface area (Å²) in [5.41, 5.74) is 1.06. The van der Waals surface area contributed by atoms with Crippen LogP contribution in [-0.2, 0) is 22.6 Å². The summed E-state index contributed by atoms with van der Waals surface area (Å²) >= 11 is 0. The first kappa shape index (κ1) is 17.7. The molecular formula is C20H24N2O2. The molecule has 0 fully saturated rings. The number of rotatable bonds is 7. The molecule has 0 spiro atoms. The van der Waals surface area contributed by atoms with Crippen molar-refractivity contribution in [3.05, 3.63) is 71.8 Å². The van der Waals surface area contributed by atoms with E-state index in [-0.39, 0.29) is 11.8 Å². The Hall–Kier alpha value is -2.62. The standard InChI is InChI=1S/C20H24N2O2/c1-20(2,19(24)22-15-17-11-7-4-8-12-17)18(23)21-14-13-16-9-5-3-6-10-16/h3-12H,13-15H2,1-2H3,(H,21,23)(H,22,24). The van der Waals surface area contributed by atoms with Crippen molar-refractivity contribution >= 4 is 11.8 Å². The topological polar surface area (TPSA) is 58.2 Å². The van der Waals surface area contributed by atoms with Crippen molar-refractivity contribution in [1.29, 1.82) is 0 Å². The minimum atomic E-state index is -1.11. The minimum Gasteiger partial charge on any atom is -0.355 e. The maximum Gasteiger partial charge on any atom is 0.235 e. The monoisotopic (exact) mass is 324 g/mol. The van der Waals surface area contributed by atoms with Crippen LogP contribution >= 0.6 is 0 Å². The third-order valence-electron chi connectivity index (χ3n) is 3.97. The Kier molecular flexibility index (Phi) is 6.13. The van der Waals surface area contributed by atoms with Gasteiger partial charge in [0.2, 0.25) is 11.8 Å². The molecule has 0 aliphatic rings. The van der Waals surface area contributed by atoms with Crippen LogP contribution in [0.4, 0.5) is 0 Å². The van der Waals surface area contributed by atoms with Gasteiger partial charge in [0.15, 0.2) is 0 Å². The van der Waals surface area contributed by atoms with Crippen molar-refractivity contribution in [2.24, 2.45) is 5.41 Å². The Morgan fingerprint density at radius 3 is 1.88 bits per heavy atom. The van der Waals surface area contributed by atoms with Gasteiger partial charge in [-0.1, -0.05) is 60.7 Å². The minimum absolute atomic E-state index is 0.260. The Morgan fingerprint density at radius 2 is 1.29 bits per heavy atom. The number of nitrogens with one attached hydrogen (secondary N) is 2. The molecule has 0 unspecified atom stereocenters. The maximum absolute atomic E-state index is 12.3. The molecule has 0 atom stereocenters. The number of hydrogen-bond acceptors (Lipinski definition) is 2. The number of benzene rings is 2. The van der Waals surface area contributed by atoms with E-state index in [0.717, 1.165) is 17.5 Å². The molecule has 0 saturated carbocycles. The van der Waals surface area contributed by atoms with E-state index in [1.54, 1.807) is 13.8 Å². The number of hydrogen-bond donors (Lipinski definition) is 2. The second kappa shape index (κ2) is 8.29. The van der Waals surface area contributed by atoms with Crippen molar-refractivity contribution < 1.29 is 9.59 Å². The van der Waals surface area contributed by atoms with Crippen LogP contribution in [0.2, 0.25) is 0 Å². The first-order valence-electron chi connectivity index (χ1n) is 8.14. The average Bonchev–Trinajstić information content (AvgIpc) is 2.61. The van der Waals surface area contributed by atoms with E-state index >= 15 is 0 Å². The summed E-state index contributed by atoms with van der Waals surface area (Å²) in [6.45, 7) is 4.22. The maximum atomic E-state index is 12.3. The summed E-state index contributed by atoms with van der Waals surface area (Å²) in [7, 11) is 0. The summed E-state index contributed by atoms with van der Waals surface area (Å²) in [6, 6.07) is 19.6. The van der Waals surface area contributed by atoms with Crippen molar-refractivity contribution in [2.45, 2.75) is 26.8 Å². The summed E-state index contributed by atoms with van der Waals surface area (Å²) in [5, 5.41) is 5.68. The molecule has 2 aromatic rings. The summed E-state index contributed by atoms with van der Waals surface area (Å²) in [6.07, 6.45) is 0.744. The molecule has 4 heteroatoms. The van der Waals surface area contributed by atoms with Gasteiger partial charge < -0.3 is 10.6 Å². The largest absolute Gasteiger partial charge is 0.355 e. The lowest BCUT2D eigenvalue weighted by Gasteiger charge is -2.22. The summed E-state index contributed by atoms with van der Waals surface area (Å²) in [5.74, 6) is -0.535. The molecule has 0 saturated heterocycles. The SMILES string of the molecule is CC(C)(C(=O)NCCc1ccccc1)C(=O)NCc1ccccc1. The second-order valence-electron chi connectivity index (χ2n) is 6.28. The number of carbonyl (C=O) groups excluding carboxylic acids is 2. The molecule has 0 aliphatic heterocycles. The summed E-state index contributed by atoms with van der Waals surface area (Å²) in [4.78, 5) is 24.7. The number of carbonyl (C=O) groups is 2. The molecule has 0 heterocycles. The van der Waals surface area contributed by atoms with E-state index in [4.69, 9.17) is 0 Å². The van der Waals surface area contributed by atoms with Crippen LogP contribution in [0.3, 0.4) is 0 Å². The quantitative estimate of drug-likeness (QED) is 0.769. The molecule has 2 amide bonds.